The number of aliphatic hydroxyl groups excluding tert-OH is 1. The Bertz CT molecular complexity index is 827. The Labute approximate surface area is 192 Å². The molecule has 1 aromatic rings. The zero-order valence-electron chi connectivity index (χ0n) is 19.2. The second-order valence-corrected chi connectivity index (χ2v) is 8.16. The van der Waals surface area contributed by atoms with Gasteiger partial charge in [-0.05, 0) is 37.5 Å². The number of carbonyl (C=O) groups excluding carboxylic acids is 3. The molecule has 3 amide bonds. The fourth-order valence-corrected chi connectivity index (χ4v) is 2.97. The SMILES string of the molecule is CCC(C)C(NC(=O)C(Cc1ccc(O)cc1)NC(=O)C(C)N)C(=O)NC(C(=O)O)C(C)O. The topological polar surface area (TPSA) is 191 Å². The van der Waals surface area contributed by atoms with Crippen LogP contribution in [0.25, 0.3) is 0 Å². The fourth-order valence-electron chi connectivity index (χ4n) is 2.97. The van der Waals surface area contributed by atoms with Crippen molar-refractivity contribution in [3.8, 4) is 5.75 Å². The Kier molecular flexibility index (Phi) is 10.8. The highest BCUT2D eigenvalue weighted by molar-refractivity contribution is 5.94. The molecule has 0 fully saturated rings. The second kappa shape index (κ2) is 12.8. The van der Waals surface area contributed by atoms with E-state index in [-0.39, 0.29) is 18.1 Å². The minimum Gasteiger partial charge on any atom is -0.508 e. The van der Waals surface area contributed by atoms with E-state index in [0.717, 1.165) is 0 Å². The summed E-state index contributed by atoms with van der Waals surface area (Å²) in [5, 5.41) is 35.8. The van der Waals surface area contributed by atoms with Gasteiger partial charge in [0.05, 0.1) is 12.1 Å². The number of hydrogen-bond acceptors (Lipinski definition) is 7. The summed E-state index contributed by atoms with van der Waals surface area (Å²) >= 11 is 0. The minimum absolute atomic E-state index is 0.0407. The van der Waals surface area contributed by atoms with Gasteiger partial charge in [0.2, 0.25) is 17.7 Å². The van der Waals surface area contributed by atoms with Crippen LogP contribution in [0, 0.1) is 5.92 Å². The number of phenols is 1. The molecular weight excluding hydrogens is 432 g/mol. The molecule has 6 unspecified atom stereocenters. The third kappa shape index (κ3) is 8.70. The molecule has 0 aliphatic rings. The van der Waals surface area contributed by atoms with E-state index in [0.29, 0.717) is 12.0 Å². The molecule has 0 spiro atoms. The van der Waals surface area contributed by atoms with Crippen molar-refractivity contribution in [2.75, 3.05) is 0 Å². The Balaban J connectivity index is 3.12. The van der Waals surface area contributed by atoms with Crippen molar-refractivity contribution >= 4 is 23.7 Å². The Morgan fingerprint density at radius 3 is 1.91 bits per heavy atom. The second-order valence-electron chi connectivity index (χ2n) is 8.16. The average molecular weight is 467 g/mol. The van der Waals surface area contributed by atoms with E-state index in [1.165, 1.54) is 26.0 Å². The predicted molar refractivity (Wildman–Crippen MR) is 120 cm³/mol. The van der Waals surface area contributed by atoms with Gasteiger partial charge in [-0.3, -0.25) is 14.4 Å². The maximum absolute atomic E-state index is 13.1. The standard InChI is InChI=1S/C22H34N4O7/c1-5-11(2)17(21(31)26-18(13(4)27)22(32)33)25-20(30)16(24-19(29)12(3)23)10-14-6-8-15(28)9-7-14/h6-9,11-13,16-18,27-28H,5,10,23H2,1-4H3,(H,24,29)(H,25,30)(H,26,31)(H,32,33). The fraction of sp³-hybridized carbons (Fsp3) is 0.545. The Morgan fingerprint density at radius 1 is 0.909 bits per heavy atom. The molecular formula is C22H34N4O7. The third-order valence-corrected chi connectivity index (χ3v) is 5.26. The number of amides is 3. The molecule has 6 atom stereocenters. The van der Waals surface area contributed by atoms with Crippen LogP contribution in [-0.2, 0) is 25.6 Å². The normalized spacial score (nSPS) is 16.4. The molecule has 1 rings (SSSR count). The molecule has 33 heavy (non-hydrogen) atoms. The van der Waals surface area contributed by atoms with Crippen molar-refractivity contribution in [2.24, 2.45) is 11.7 Å². The van der Waals surface area contributed by atoms with E-state index < -0.39 is 54.0 Å². The first kappa shape index (κ1) is 27.9. The van der Waals surface area contributed by atoms with Crippen LogP contribution in [0.15, 0.2) is 24.3 Å². The number of nitrogens with two attached hydrogens (primary N) is 1. The number of carboxylic acid groups (broad SMARTS) is 1. The van der Waals surface area contributed by atoms with Gasteiger partial charge in [0.1, 0.15) is 17.8 Å². The van der Waals surface area contributed by atoms with Crippen LogP contribution in [0.1, 0.15) is 39.7 Å². The van der Waals surface area contributed by atoms with Gasteiger partial charge < -0.3 is 37.0 Å². The van der Waals surface area contributed by atoms with Crippen LogP contribution in [-0.4, -0.2) is 69.3 Å². The molecule has 0 radical (unpaired) electrons. The zero-order chi connectivity index (χ0) is 25.3. The largest absolute Gasteiger partial charge is 0.508 e. The molecule has 0 bridgehead atoms. The van der Waals surface area contributed by atoms with Crippen molar-refractivity contribution in [2.45, 2.75) is 70.8 Å². The van der Waals surface area contributed by atoms with Gasteiger partial charge in [0.15, 0.2) is 6.04 Å². The van der Waals surface area contributed by atoms with Gasteiger partial charge in [-0.15, -0.1) is 0 Å². The molecule has 0 aliphatic heterocycles. The molecule has 0 aliphatic carbocycles. The first-order valence-corrected chi connectivity index (χ1v) is 10.7. The number of aromatic hydroxyl groups is 1. The Morgan fingerprint density at radius 2 is 1.45 bits per heavy atom. The van der Waals surface area contributed by atoms with E-state index >= 15 is 0 Å². The molecule has 1 aromatic carbocycles. The number of aliphatic carboxylic acids is 1. The molecule has 11 nitrogen and oxygen atoms in total. The molecule has 11 heteroatoms. The van der Waals surface area contributed by atoms with Crippen LogP contribution in [0.3, 0.4) is 0 Å². The number of nitrogens with one attached hydrogen (secondary N) is 3. The van der Waals surface area contributed by atoms with Crippen LogP contribution in [0.4, 0.5) is 0 Å². The maximum Gasteiger partial charge on any atom is 0.328 e. The third-order valence-electron chi connectivity index (χ3n) is 5.26. The van der Waals surface area contributed by atoms with E-state index in [2.05, 4.69) is 16.0 Å². The maximum atomic E-state index is 13.1. The van der Waals surface area contributed by atoms with E-state index in [1.54, 1.807) is 26.0 Å². The lowest BCUT2D eigenvalue weighted by molar-refractivity contribution is -0.145. The summed E-state index contributed by atoms with van der Waals surface area (Å²) in [7, 11) is 0. The lowest BCUT2D eigenvalue weighted by Gasteiger charge is -2.28. The van der Waals surface area contributed by atoms with Crippen LogP contribution >= 0.6 is 0 Å². The number of carboxylic acids is 1. The summed E-state index contributed by atoms with van der Waals surface area (Å²) < 4.78 is 0. The van der Waals surface area contributed by atoms with Gasteiger partial charge in [-0.25, -0.2) is 4.79 Å². The van der Waals surface area contributed by atoms with Gasteiger partial charge in [0.25, 0.3) is 0 Å². The number of carbonyl (C=O) groups is 4. The highest BCUT2D eigenvalue weighted by Crippen LogP contribution is 2.13. The summed E-state index contributed by atoms with van der Waals surface area (Å²) in [5.74, 6) is -3.76. The summed E-state index contributed by atoms with van der Waals surface area (Å²) in [6.07, 6.45) is -0.808. The summed E-state index contributed by atoms with van der Waals surface area (Å²) in [4.78, 5) is 49.4. The molecule has 0 saturated carbocycles. The zero-order valence-corrected chi connectivity index (χ0v) is 19.2. The van der Waals surface area contributed by atoms with E-state index in [1.807, 2.05) is 0 Å². The first-order chi connectivity index (χ1) is 15.4. The molecule has 8 N–H and O–H groups in total. The minimum atomic E-state index is -1.55. The summed E-state index contributed by atoms with van der Waals surface area (Å²) in [6, 6.07) is 1.43. The van der Waals surface area contributed by atoms with E-state index in [4.69, 9.17) is 5.73 Å². The van der Waals surface area contributed by atoms with Gasteiger partial charge >= 0.3 is 5.97 Å². The molecule has 184 valence electrons. The number of hydrogen-bond donors (Lipinski definition) is 7. The van der Waals surface area contributed by atoms with Gasteiger partial charge in [-0.2, -0.15) is 0 Å². The highest BCUT2D eigenvalue weighted by Gasteiger charge is 2.33. The van der Waals surface area contributed by atoms with Gasteiger partial charge in [0, 0.05) is 6.42 Å². The van der Waals surface area contributed by atoms with Gasteiger partial charge in [-0.1, -0.05) is 32.4 Å². The summed E-state index contributed by atoms with van der Waals surface area (Å²) in [5.41, 5.74) is 6.25. The smallest absolute Gasteiger partial charge is 0.328 e. The van der Waals surface area contributed by atoms with Crippen molar-refractivity contribution in [3.05, 3.63) is 29.8 Å². The van der Waals surface area contributed by atoms with Crippen LogP contribution in [0.2, 0.25) is 0 Å². The number of phenolic OH excluding ortho intramolecular Hbond substituents is 1. The Hall–Kier alpha value is -3.18. The first-order valence-electron chi connectivity index (χ1n) is 10.7. The van der Waals surface area contributed by atoms with Crippen LogP contribution < -0.4 is 21.7 Å². The number of rotatable bonds is 12. The summed E-state index contributed by atoms with van der Waals surface area (Å²) in [6.45, 7) is 6.19. The molecule has 0 aromatic heterocycles. The highest BCUT2D eigenvalue weighted by atomic mass is 16.4. The van der Waals surface area contributed by atoms with Crippen molar-refractivity contribution in [1.82, 2.24) is 16.0 Å². The van der Waals surface area contributed by atoms with Crippen molar-refractivity contribution < 1.29 is 34.5 Å². The average Bonchev–Trinajstić information content (AvgIpc) is 2.75. The molecule has 0 heterocycles. The monoisotopic (exact) mass is 466 g/mol. The molecule has 0 saturated heterocycles. The number of aliphatic hydroxyl groups is 1. The van der Waals surface area contributed by atoms with E-state index in [9.17, 15) is 34.5 Å². The van der Waals surface area contributed by atoms with Crippen molar-refractivity contribution in [1.29, 1.82) is 0 Å². The number of benzene rings is 1. The van der Waals surface area contributed by atoms with Crippen molar-refractivity contribution in [3.63, 3.8) is 0 Å². The predicted octanol–water partition coefficient (Wildman–Crippen LogP) is -0.752. The lowest BCUT2D eigenvalue weighted by atomic mass is 9.96. The van der Waals surface area contributed by atoms with Crippen LogP contribution in [0.5, 0.6) is 5.75 Å². The lowest BCUT2D eigenvalue weighted by Crippen LogP contribution is -2.60. The quantitative estimate of drug-likeness (QED) is 0.209.